The highest BCUT2D eigenvalue weighted by Crippen LogP contribution is 2.49. The van der Waals surface area contributed by atoms with Crippen LogP contribution in [0.15, 0.2) is 58.7 Å². The van der Waals surface area contributed by atoms with Gasteiger partial charge in [-0.15, -0.1) is 0 Å². The summed E-state index contributed by atoms with van der Waals surface area (Å²) in [6.07, 6.45) is 11.4. The predicted molar refractivity (Wildman–Crippen MR) is 158 cm³/mol. The number of hydrogen-bond acceptors (Lipinski definition) is 7. The highest BCUT2D eigenvalue weighted by molar-refractivity contribution is 6.10. The Kier molecular flexibility index (Phi) is 7.51. The van der Waals surface area contributed by atoms with Crippen LogP contribution in [0.2, 0.25) is 0 Å². The minimum absolute atomic E-state index is 0.00418. The van der Waals surface area contributed by atoms with E-state index in [9.17, 15) is 14.7 Å². The lowest BCUT2D eigenvalue weighted by Crippen LogP contribution is -2.40. The molecule has 2 aromatic carbocycles. The first-order valence-electron chi connectivity index (χ1n) is 15.8. The van der Waals surface area contributed by atoms with Crippen molar-refractivity contribution in [3.05, 3.63) is 64.9 Å². The largest absolute Gasteiger partial charge is 0.508 e. The van der Waals surface area contributed by atoms with E-state index < -0.39 is 11.8 Å². The molecular formula is C35H39NO6. The standard InChI is InChI=1S/C35H39NO6/c37-25-9-5-8-23(16-25)32-33-28(17-24(18-29(33)38)22-13-15-30-31(19-22)41-20-40-30)36-27(14-12-21-6-1-2-7-21)34(32)35(39)42-26-10-3-4-11-26/h5,8-9,13,15-16,19,21,24,26,32,34,37H,1-4,6-7,10-12,14,17-18,20H2. The Labute approximate surface area is 247 Å². The molecule has 0 spiro atoms. The van der Waals surface area contributed by atoms with E-state index in [0.29, 0.717) is 36.5 Å². The molecule has 2 saturated carbocycles. The highest BCUT2D eigenvalue weighted by Gasteiger charge is 2.46. The Morgan fingerprint density at radius 3 is 2.52 bits per heavy atom. The molecular weight excluding hydrogens is 530 g/mol. The topological polar surface area (TPSA) is 94.4 Å². The quantitative estimate of drug-likeness (QED) is 0.357. The van der Waals surface area contributed by atoms with Gasteiger partial charge in [0, 0.05) is 29.3 Å². The van der Waals surface area contributed by atoms with Gasteiger partial charge >= 0.3 is 5.97 Å². The lowest BCUT2D eigenvalue weighted by molar-refractivity contribution is -0.151. The maximum atomic E-state index is 14.1. The van der Waals surface area contributed by atoms with Crippen LogP contribution in [0.25, 0.3) is 0 Å². The molecule has 2 fully saturated rings. The van der Waals surface area contributed by atoms with E-state index in [4.69, 9.17) is 19.2 Å². The number of ketones is 1. The normalized spacial score (nSPS) is 26.0. The summed E-state index contributed by atoms with van der Waals surface area (Å²) in [7, 11) is 0. The second-order valence-electron chi connectivity index (χ2n) is 12.7. The van der Waals surface area contributed by atoms with Crippen molar-refractivity contribution in [2.75, 3.05) is 6.79 Å². The Hall–Kier alpha value is -3.61. The number of phenols is 1. The Morgan fingerprint density at radius 2 is 1.71 bits per heavy atom. The molecule has 0 radical (unpaired) electrons. The maximum Gasteiger partial charge on any atom is 0.315 e. The first-order valence-corrected chi connectivity index (χ1v) is 15.8. The van der Waals surface area contributed by atoms with Gasteiger partial charge in [0.25, 0.3) is 0 Å². The SMILES string of the molecule is O=C1CC(c2ccc3c(c2)OCO3)CC2=C1C(c1cccc(O)c1)C(C(=O)OC1CCCC1)C(CCC1CCCC1)=N2. The number of carbonyl (C=O) groups excluding carboxylic acids is 2. The zero-order valence-electron chi connectivity index (χ0n) is 24.1. The molecule has 3 atom stereocenters. The van der Waals surface area contributed by atoms with Gasteiger partial charge in [-0.3, -0.25) is 14.6 Å². The summed E-state index contributed by atoms with van der Waals surface area (Å²) in [6.45, 7) is 0.205. The second-order valence-corrected chi connectivity index (χ2v) is 12.7. The Balaban J connectivity index is 1.28. The van der Waals surface area contributed by atoms with Crippen LogP contribution >= 0.6 is 0 Å². The molecule has 1 N–H and O–H groups in total. The molecule has 0 bridgehead atoms. The highest BCUT2D eigenvalue weighted by atomic mass is 16.7. The van der Waals surface area contributed by atoms with Crippen molar-refractivity contribution >= 4 is 17.5 Å². The van der Waals surface area contributed by atoms with E-state index in [1.54, 1.807) is 18.2 Å². The molecule has 3 aliphatic carbocycles. The zero-order valence-corrected chi connectivity index (χ0v) is 24.1. The number of aliphatic imine (C=N–C) groups is 1. The number of carbonyl (C=O) groups is 2. The molecule has 0 amide bonds. The molecule has 7 heteroatoms. The number of aromatic hydroxyl groups is 1. The van der Waals surface area contributed by atoms with E-state index in [1.165, 1.54) is 25.7 Å². The number of rotatable bonds is 7. The first-order chi connectivity index (χ1) is 20.5. The van der Waals surface area contributed by atoms with Gasteiger partial charge in [-0.2, -0.15) is 0 Å². The predicted octanol–water partition coefficient (Wildman–Crippen LogP) is 7.13. The lowest BCUT2D eigenvalue weighted by atomic mass is 9.68. The van der Waals surface area contributed by atoms with Gasteiger partial charge in [0.05, 0.1) is 0 Å². The number of ether oxygens (including phenoxy) is 3. The lowest BCUT2D eigenvalue weighted by Gasteiger charge is -2.38. The molecule has 2 heterocycles. The van der Waals surface area contributed by atoms with E-state index in [1.807, 2.05) is 24.3 Å². The summed E-state index contributed by atoms with van der Waals surface area (Å²) in [4.78, 5) is 33.4. The maximum absolute atomic E-state index is 14.1. The van der Waals surface area contributed by atoms with Crippen LogP contribution in [-0.2, 0) is 14.3 Å². The Bertz CT molecular complexity index is 1430. The number of phenolic OH excluding ortho intramolecular Hbond substituents is 1. The van der Waals surface area contributed by atoms with Crippen molar-refractivity contribution < 1.29 is 28.9 Å². The van der Waals surface area contributed by atoms with E-state index in [2.05, 4.69) is 0 Å². The van der Waals surface area contributed by atoms with Crippen LogP contribution in [0.5, 0.6) is 17.2 Å². The van der Waals surface area contributed by atoms with Crippen molar-refractivity contribution in [2.24, 2.45) is 16.8 Å². The molecule has 42 heavy (non-hydrogen) atoms. The van der Waals surface area contributed by atoms with E-state index in [-0.39, 0.29) is 36.3 Å². The van der Waals surface area contributed by atoms with Gasteiger partial charge < -0.3 is 19.3 Å². The molecule has 220 valence electrons. The van der Waals surface area contributed by atoms with Gasteiger partial charge in [0.1, 0.15) is 17.8 Å². The summed E-state index contributed by atoms with van der Waals surface area (Å²) in [5, 5.41) is 10.5. The van der Waals surface area contributed by atoms with Gasteiger partial charge in [0.15, 0.2) is 17.3 Å². The summed E-state index contributed by atoms with van der Waals surface area (Å²) in [5.41, 5.74) is 4.00. The number of allylic oxidation sites excluding steroid dienone is 2. The van der Waals surface area contributed by atoms with E-state index in [0.717, 1.165) is 60.4 Å². The molecule has 3 unspecified atom stereocenters. The van der Waals surface area contributed by atoms with Crippen LogP contribution in [0.3, 0.4) is 0 Å². The zero-order chi connectivity index (χ0) is 28.6. The fraction of sp³-hybridized carbons (Fsp3) is 0.514. The number of benzene rings is 2. The first kappa shape index (κ1) is 27.2. The molecule has 0 aromatic heterocycles. The average Bonchev–Trinajstić information content (AvgIpc) is 3.78. The van der Waals surface area contributed by atoms with Crippen LogP contribution in [-0.4, -0.2) is 35.5 Å². The van der Waals surface area contributed by atoms with Gasteiger partial charge in [-0.25, -0.2) is 0 Å². The van der Waals surface area contributed by atoms with Crippen LogP contribution in [0.1, 0.15) is 100 Å². The van der Waals surface area contributed by atoms with E-state index >= 15 is 0 Å². The number of nitrogens with zero attached hydrogens (tertiary/aromatic N) is 1. The Morgan fingerprint density at radius 1 is 0.929 bits per heavy atom. The third-order valence-electron chi connectivity index (χ3n) is 9.98. The van der Waals surface area contributed by atoms with Crippen LogP contribution in [0.4, 0.5) is 0 Å². The van der Waals surface area contributed by atoms with Crippen molar-refractivity contribution in [1.29, 1.82) is 0 Å². The number of esters is 1. The third kappa shape index (κ3) is 5.34. The van der Waals surface area contributed by atoms with Crippen molar-refractivity contribution in [2.45, 2.75) is 95.0 Å². The molecule has 7 rings (SSSR count). The molecule has 5 aliphatic rings. The fourth-order valence-electron chi connectivity index (χ4n) is 7.83. The molecule has 2 aliphatic heterocycles. The molecule has 7 nitrogen and oxygen atoms in total. The van der Waals surface area contributed by atoms with Crippen molar-refractivity contribution in [3.63, 3.8) is 0 Å². The molecule has 2 aromatic rings. The van der Waals surface area contributed by atoms with Crippen LogP contribution in [0, 0.1) is 11.8 Å². The van der Waals surface area contributed by atoms with Crippen LogP contribution < -0.4 is 9.47 Å². The summed E-state index contributed by atoms with van der Waals surface area (Å²) in [5.74, 6) is 0.674. The number of hydrogen-bond donors (Lipinski definition) is 1. The average molecular weight is 570 g/mol. The third-order valence-corrected chi connectivity index (χ3v) is 9.98. The minimum Gasteiger partial charge on any atom is -0.508 e. The van der Waals surface area contributed by atoms with Gasteiger partial charge in [-0.05, 0) is 92.2 Å². The summed E-state index contributed by atoms with van der Waals surface area (Å²) < 4.78 is 17.3. The second kappa shape index (κ2) is 11.6. The van der Waals surface area contributed by atoms with Crippen molar-refractivity contribution in [1.82, 2.24) is 0 Å². The smallest absolute Gasteiger partial charge is 0.315 e. The fourth-order valence-corrected chi connectivity index (χ4v) is 7.83. The summed E-state index contributed by atoms with van der Waals surface area (Å²) >= 11 is 0. The number of fused-ring (bicyclic) bond motifs is 1. The monoisotopic (exact) mass is 569 g/mol. The van der Waals surface area contributed by atoms with Gasteiger partial charge in [-0.1, -0.05) is 43.9 Å². The molecule has 0 saturated heterocycles. The number of Topliss-reactive ketones (excluding diaryl/α,β-unsaturated/α-hetero) is 1. The minimum atomic E-state index is -0.668. The van der Waals surface area contributed by atoms with Crippen molar-refractivity contribution in [3.8, 4) is 17.2 Å². The summed E-state index contributed by atoms with van der Waals surface area (Å²) in [6, 6.07) is 12.9. The van der Waals surface area contributed by atoms with Gasteiger partial charge in [0.2, 0.25) is 6.79 Å².